The molecule has 0 spiro atoms. The van der Waals surface area contributed by atoms with Crippen molar-refractivity contribution in [2.45, 2.75) is 29.1 Å². The molecular formula is C12H16ClNO3S2. The second kappa shape index (κ2) is 5.61. The van der Waals surface area contributed by atoms with Crippen molar-refractivity contribution in [1.82, 2.24) is 4.72 Å². The smallest absolute Gasteiger partial charge is 0.240 e. The van der Waals surface area contributed by atoms with Crippen molar-refractivity contribution in [2.24, 2.45) is 0 Å². The lowest BCUT2D eigenvalue weighted by molar-refractivity contribution is 0.282. The fourth-order valence-electron chi connectivity index (χ4n) is 1.73. The van der Waals surface area contributed by atoms with Gasteiger partial charge in [0.25, 0.3) is 0 Å². The van der Waals surface area contributed by atoms with Crippen LogP contribution in [0.25, 0.3) is 0 Å². The van der Waals surface area contributed by atoms with E-state index in [1.165, 1.54) is 18.2 Å². The normalized spacial score (nSPS) is 17.4. The number of sulfonamides is 1. The minimum atomic E-state index is -3.54. The Morgan fingerprint density at radius 3 is 2.63 bits per heavy atom. The molecule has 19 heavy (non-hydrogen) atoms. The van der Waals surface area contributed by atoms with Crippen LogP contribution in [0.15, 0.2) is 23.1 Å². The van der Waals surface area contributed by atoms with Crippen molar-refractivity contribution in [3.05, 3.63) is 28.8 Å². The van der Waals surface area contributed by atoms with Gasteiger partial charge in [-0.2, -0.15) is 11.8 Å². The van der Waals surface area contributed by atoms with Crippen LogP contribution in [0.2, 0.25) is 5.02 Å². The predicted octanol–water partition coefficient (Wildman–Crippen LogP) is 2.01. The number of nitrogens with one attached hydrogen (secondary N) is 1. The lowest BCUT2D eigenvalue weighted by Crippen LogP contribution is -2.31. The molecule has 0 aliphatic heterocycles. The first-order chi connectivity index (χ1) is 8.92. The molecule has 0 bridgehead atoms. The number of hydrogen-bond acceptors (Lipinski definition) is 4. The number of aliphatic hydroxyl groups is 1. The maximum atomic E-state index is 12.1. The SMILES string of the molecule is CSC1(CNS(=O)(=O)c2ccc(CO)c(Cl)c2)CC1. The van der Waals surface area contributed by atoms with Crippen LogP contribution in [0, 0.1) is 0 Å². The third-order valence-corrected chi connectivity index (χ3v) is 6.50. The lowest BCUT2D eigenvalue weighted by atomic mass is 10.2. The molecule has 0 radical (unpaired) electrons. The molecule has 4 nitrogen and oxygen atoms in total. The van der Waals surface area contributed by atoms with E-state index in [9.17, 15) is 8.42 Å². The van der Waals surface area contributed by atoms with Gasteiger partial charge in [0, 0.05) is 16.3 Å². The van der Waals surface area contributed by atoms with Crippen molar-refractivity contribution >= 4 is 33.4 Å². The maximum Gasteiger partial charge on any atom is 0.240 e. The Labute approximate surface area is 122 Å². The van der Waals surface area contributed by atoms with Crippen molar-refractivity contribution in [1.29, 1.82) is 0 Å². The second-order valence-electron chi connectivity index (χ2n) is 4.62. The lowest BCUT2D eigenvalue weighted by Gasteiger charge is -2.14. The molecule has 1 aliphatic carbocycles. The van der Waals surface area contributed by atoms with Gasteiger partial charge in [0.05, 0.1) is 11.5 Å². The van der Waals surface area contributed by atoms with E-state index in [-0.39, 0.29) is 21.3 Å². The molecule has 2 N–H and O–H groups in total. The molecule has 0 aromatic heterocycles. The molecule has 106 valence electrons. The van der Waals surface area contributed by atoms with Crippen molar-refractivity contribution in [3.8, 4) is 0 Å². The van der Waals surface area contributed by atoms with E-state index in [1.54, 1.807) is 11.8 Å². The third-order valence-electron chi connectivity index (χ3n) is 3.33. The van der Waals surface area contributed by atoms with Crippen LogP contribution >= 0.6 is 23.4 Å². The van der Waals surface area contributed by atoms with E-state index in [0.29, 0.717) is 12.1 Å². The summed E-state index contributed by atoms with van der Waals surface area (Å²) in [6.07, 6.45) is 4.08. The fraction of sp³-hybridized carbons (Fsp3) is 0.500. The fourth-order valence-corrected chi connectivity index (χ4v) is 4.00. The van der Waals surface area contributed by atoms with E-state index < -0.39 is 10.0 Å². The average Bonchev–Trinajstić information content (AvgIpc) is 3.17. The summed E-state index contributed by atoms with van der Waals surface area (Å²) in [5.74, 6) is 0. The predicted molar refractivity (Wildman–Crippen MR) is 78.0 cm³/mol. The van der Waals surface area contributed by atoms with Crippen LogP contribution in [0.1, 0.15) is 18.4 Å². The highest BCUT2D eigenvalue weighted by molar-refractivity contribution is 8.00. The van der Waals surface area contributed by atoms with Gasteiger partial charge in [-0.3, -0.25) is 0 Å². The molecule has 1 aromatic carbocycles. The summed E-state index contributed by atoms with van der Waals surface area (Å²) in [4.78, 5) is 0.131. The number of rotatable bonds is 6. The van der Waals surface area contributed by atoms with Gasteiger partial charge in [0.2, 0.25) is 10.0 Å². The Morgan fingerprint density at radius 2 is 2.16 bits per heavy atom. The average molecular weight is 322 g/mol. The molecule has 0 amide bonds. The zero-order valence-electron chi connectivity index (χ0n) is 10.5. The molecule has 0 atom stereocenters. The van der Waals surface area contributed by atoms with E-state index in [2.05, 4.69) is 4.72 Å². The second-order valence-corrected chi connectivity index (χ2v) is 8.07. The van der Waals surface area contributed by atoms with Gasteiger partial charge in [-0.1, -0.05) is 17.7 Å². The highest BCUT2D eigenvalue weighted by Crippen LogP contribution is 2.46. The number of aliphatic hydroxyl groups excluding tert-OH is 1. The molecule has 0 unspecified atom stereocenters. The Morgan fingerprint density at radius 1 is 1.47 bits per heavy atom. The van der Waals surface area contributed by atoms with Gasteiger partial charge < -0.3 is 5.11 Å². The van der Waals surface area contributed by atoms with Gasteiger partial charge in [-0.05, 0) is 36.8 Å². The molecule has 7 heteroatoms. The number of thioether (sulfide) groups is 1. The first-order valence-corrected chi connectivity index (χ1v) is 8.95. The Balaban J connectivity index is 2.13. The van der Waals surface area contributed by atoms with Gasteiger partial charge in [-0.15, -0.1) is 0 Å². The minimum absolute atomic E-state index is 0.0713. The van der Waals surface area contributed by atoms with Crippen LogP contribution < -0.4 is 4.72 Å². The van der Waals surface area contributed by atoms with E-state index >= 15 is 0 Å². The van der Waals surface area contributed by atoms with Crippen LogP contribution in [-0.2, 0) is 16.6 Å². The summed E-state index contributed by atoms with van der Waals surface area (Å²) in [6.45, 7) is 0.234. The van der Waals surface area contributed by atoms with E-state index in [4.69, 9.17) is 16.7 Å². The van der Waals surface area contributed by atoms with E-state index in [0.717, 1.165) is 12.8 Å². The summed E-state index contributed by atoms with van der Waals surface area (Å²) in [5.41, 5.74) is 0.517. The highest BCUT2D eigenvalue weighted by atomic mass is 35.5. The first kappa shape index (κ1) is 15.1. The van der Waals surface area contributed by atoms with Crippen molar-refractivity contribution in [2.75, 3.05) is 12.8 Å². The molecule has 1 aliphatic rings. The van der Waals surface area contributed by atoms with Crippen molar-refractivity contribution in [3.63, 3.8) is 0 Å². The van der Waals surface area contributed by atoms with Gasteiger partial charge >= 0.3 is 0 Å². The van der Waals surface area contributed by atoms with Crippen LogP contribution in [0.5, 0.6) is 0 Å². The zero-order valence-corrected chi connectivity index (χ0v) is 12.9. The van der Waals surface area contributed by atoms with Crippen molar-refractivity contribution < 1.29 is 13.5 Å². The molecular weight excluding hydrogens is 306 g/mol. The van der Waals surface area contributed by atoms with Gasteiger partial charge in [0.1, 0.15) is 0 Å². The Kier molecular flexibility index (Phi) is 4.47. The summed E-state index contributed by atoms with van der Waals surface area (Å²) in [5, 5.41) is 9.27. The van der Waals surface area contributed by atoms with Gasteiger partial charge in [-0.25, -0.2) is 13.1 Å². The highest BCUT2D eigenvalue weighted by Gasteiger charge is 2.42. The number of benzene rings is 1. The molecule has 1 aromatic rings. The first-order valence-electron chi connectivity index (χ1n) is 5.86. The number of hydrogen-bond donors (Lipinski definition) is 2. The summed E-state index contributed by atoms with van der Waals surface area (Å²) >= 11 is 7.61. The number of halogens is 1. The largest absolute Gasteiger partial charge is 0.392 e. The van der Waals surface area contributed by atoms with Crippen LogP contribution in [-0.4, -0.2) is 31.1 Å². The van der Waals surface area contributed by atoms with Crippen LogP contribution in [0.4, 0.5) is 0 Å². The molecule has 1 saturated carbocycles. The Bertz CT molecular complexity index is 570. The summed E-state index contributed by atoms with van der Waals surface area (Å²) in [6, 6.07) is 4.35. The van der Waals surface area contributed by atoms with Crippen LogP contribution in [0.3, 0.4) is 0 Å². The monoisotopic (exact) mass is 321 g/mol. The maximum absolute atomic E-state index is 12.1. The summed E-state index contributed by atoms with van der Waals surface area (Å²) in [7, 11) is -3.54. The molecule has 0 heterocycles. The quantitative estimate of drug-likeness (QED) is 0.841. The standard InChI is InChI=1S/C12H16ClNO3S2/c1-18-12(4-5-12)8-14-19(16,17)10-3-2-9(7-15)11(13)6-10/h2-3,6,14-15H,4-5,7-8H2,1H3. The van der Waals surface area contributed by atoms with Gasteiger partial charge in [0.15, 0.2) is 0 Å². The Hall–Kier alpha value is -0.270. The summed E-state index contributed by atoms with van der Waals surface area (Å²) < 4.78 is 27.0. The molecule has 2 rings (SSSR count). The van der Waals surface area contributed by atoms with E-state index in [1.807, 2.05) is 6.26 Å². The zero-order chi connectivity index (χ0) is 14.1. The topological polar surface area (TPSA) is 66.4 Å². The molecule has 0 saturated heterocycles. The third kappa shape index (κ3) is 3.44. The minimum Gasteiger partial charge on any atom is -0.392 e. The molecule has 1 fully saturated rings.